The van der Waals surface area contributed by atoms with Crippen molar-refractivity contribution >= 4 is 29.5 Å². The van der Waals surface area contributed by atoms with Crippen molar-refractivity contribution in [2.75, 3.05) is 21.3 Å². The van der Waals surface area contributed by atoms with Gasteiger partial charge in [-0.05, 0) is 58.6 Å². The van der Waals surface area contributed by atoms with Crippen molar-refractivity contribution in [3.05, 3.63) is 88.3 Å². The number of hydrogen-bond acceptors (Lipinski definition) is 11. The average Bonchev–Trinajstić information content (AvgIpc) is 3.46. The van der Waals surface area contributed by atoms with Crippen LogP contribution in [0.1, 0.15) is 15.9 Å². The summed E-state index contributed by atoms with van der Waals surface area (Å²) in [6.45, 7) is 0. The standard InChI is InChI=1S/C26H22N8O5S/c1-37-19-13-16(14-20(38-2)22(19)39-3)23(35)29-27-15-18-24(28-21-11-7-8-12-33(21)25(18)36)40-26-30-31-32-34(26)17-9-5-4-6-10-17/h4-15H,1-3H3,(H,29,35)/b27-15-. The van der Waals surface area contributed by atoms with E-state index >= 15 is 0 Å². The molecule has 1 amide bonds. The second-order valence-electron chi connectivity index (χ2n) is 7.99. The minimum atomic E-state index is -0.563. The Morgan fingerprint density at radius 1 is 1.00 bits per heavy atom. The van der Waals surface area contributed by atoms with E-state index in [1.54, 1.807) is 24.4 Å². The molecule has 0 aliphatic rings. The second kappa shape index (κ2) is 11.7. The van der Waals surface area contributed by atoms with Crippen molar-refractivity contribution in [3.63, 3.8) is 0 Å². The van der Waals surface area contributed by atoms with Crippen LogP contribution in [0.2, 0.25) is 0 Å². The molecule has 13 nitrogen and oxygen atoms in total. The molecule has 2 aromatic carbocycles. The van der Waals surface area contributed by atoms with Gasteiger partial charge in [0.05, 0.1) is 38.8 Å². The summed E-state index contributed by atoms with van der Waals surface area (Å²) in [6.07, 6.45) is 2.84. The number of rotatable bonds is 9. The quantitative estimate of drug-likeness (QED) is 0.163. The van der Waals surface area contributed by atoms with E-state index in [4.69, 9.17) is 14.2 Å². The van der Waals surface area contributed by atoms with E-state index in [-0.39, 0.29) is 11.1 Å². The number of carbonyl (C=O) groups excluding carboxylic acids is 1. The molecule has 0 unspecified atom stereocenters. The Morgan fingerprint density at radius 3 is 2.42 bits per heavy atom. The first-order valence-electron chi connectivity index (χ1n) is 11.7. The highest BCUT2D eigenvalue weighted by Crippen LogP contribution is 2.38. The van der Waals surface area contributed by atoms with Crippen molar-refractivity contribution in [1.82, 2.24) is 35.0 Å². The highest BCUT2D eigenvalue weighted by atomic mass is 32.2. The lowest BCUT2D eigenvalue weighted by atomic mass is 10.1. The molecule has 0 aliphatic carbocycles. The molecule has 202 valence electrons. The molecular formula is C26H22N8O5S. The Kier molecular flexibility index (Phi) is 7.68. The van der Waals surface area contributed by atoms with Gasteiger partial charge in [-0.15, -0.1) is 5.10 Å². The van der Waals surface area contributed by atoms with Crippen molar-refractivity contribution < 1.29 is 19.0 Å². The number of para-hydroxylation sites is 1. The minimum Gasteiger partial charge on any atom is -0.493 e. The van der Waals surface area contributed by atoms with E-state index in [2.05, 4.69) is 31.0 Å². The van der Waals surface area contributed by atoms with Gasteiger partial charge in [0.15, 0.2) is 11.5 Å². The monoisotopic (exact) mass is 558 g/mol. The molecule has 5 rings (SSSR count). The molecule has 0 saturated heterocycles. The topological polar surface area (TPSA) is 147 Å². The summed E-state index contributed by atoms with van der Waals surface area (Å²) in [5.74, 6) is 0.400. The fraction of sp³-hybridized carbons (Fsp3) is 0.115. The van der Waals surface area contributed by atoms with Crippen LogP contribution in [-0.2, 0) is 0 Å². The number of pyridine rings is 1. The van der Waals surface area contributed by atoms with Gasteiger partial charge >= 0.3 is 0 Å². The van der Waals surface area contributed by atoms with Crippen LogP contribution < -0.4 is 25.2 Å². The number of tetrazole rings is 1. The number of benzene rings is 2. The van der Waals surface area contributed by atoms with E-state index in [9.17, 15) is 9.59 Å². The van der Waals surface area contributed by atoms with Gasteiger partial charge < -0.3 is 14.2 Å². The van der Waals surface area contributed by atoms with Crippen LogP contribution in [0.5, 0.6) is 17.2 Å². The number of ether oxygens (including phenoxy) is 3. The van der Waals surface area contributed by atoms with Crippen LogP contribution >= 0.6 is 11.8 Å². The fourth-order valence-electron chi connectivity index (χ4n) is 3.76. The van der Waals surface area contributed by atoms with Gasteiger partial charge in [-0.3, -0.25) is 14.0 Å². The predicted octanol–water partition coefficient (Wildman–Crippen LogP) is 2.61. The van der Waals surface area contributed by atoms with E-state index in [1.165, 1.54) is 48.8 Å². The minimum absolute atomic E-state index is 0.126. The lowest BCUT2D eigenvalue weighted by Gasteiger charge is -2.13. The Bertz CT molecular complexity index is 1750. The van der Waals surface area contributed by atoms with Crippen LogP contribution in [0.25, 0.3) is 11.3 Å². The van der Waals surface area contributed by atoms with Crippen LogP contribution in [0, 0.1) is 0 Å². The van der Waals surface area contributed by atoms with Crippen molar-refractivity contribution in [2.45, 2.75) is 10.2 Å². The maximum absolute atomic E-state index is 13.4. The number of methoxy groups -OCH3 is 3. The molecule has 40 heavy (non-hydrogen) atoms. The van der Waals surface area contributed by atoms with Crippen LogP contribution in [0.15, 0.2) is 86.9 Å². The van der Waals surface area contributed by atoms with E-state index in [0.717, 1.165) is 17.4 Å². The number of fused-ring (bicyclic) bond motifs is 1. The zero-order valence-electron chi connectivity index (χ0n) is 21.5. The molecule has 0 radical (unpaired) electrons. The third kappa shape index (κ3) is 5.19. The first kappa shape index (κ1) is 26.4. The van der Waals surface area contributed by atoms with Gasteiger partial charge in [-0.2, -0.15) is 9.78 Å². The average molecular weight is 559 g/mol. The van der Waals surface area contributed by atoms with Gasteiger partial charge in [-0.25, -0.2) is 10.4 Å². The maximum Gasteiger partial charge on any atom is 0.271 e. The molecule has 3 aromatic heterocycles. The molecule has 1 N–H and O–H groups in total. The summed E-state index contributed by atoms with van der Waals surface area (Å²) in [6, 6.07) is 17.5. The third-order valence-corrected chi connectivity index (χ3v) is 6.59. The second-order valence-corrected chi connectivity index (χ2v) is 8.94. The van der Waals surface area contributed by atoms with Crippen molar-refractivity contribution in [1.29, 1.82) is 0 Å². The molecule has 0 bridgehead atoms. The predicted molar refractivity (Wildman–Crippen MR) is 146 cm³/mol. The number of hydrazone groups is 1. The van der Waals surface area contributed by atoms with E-state index in [0.29, 0.717) is 33.1 Å². The number of amides is 1. The molecular weight excluding hydrogens is 536 g/mol. The Labute approximate surface area is 231 Å². The number of nitrogens with zero attached hydrogens (tertiary/aromatic N) is 7. The fourth-order valence-corrected chi connectivity index (χ4v) is 4.63. The summed E-state index contributed by atoms with van der Waals surface area (Å²) >= 11 is 1.09. The van der Waals surface area contributed by atoms with Gasteiger partial charge in [-0.1, -0.05) is 24.3 Å². The lowest BCUT2D eigenvalue weighted by molar-refractivity contribution is 0.0954. The molecule has 3 heterocycles. The number of carbonyl (C=O) groups is 1. The summed E-state index contributed by atoms with van der Waals surface area (Å²) < 4.78 is 18.8. The van der Waals surface area contributed by atoms with Crippen LogP contribution in [-0.4, -0.2) is 63.0 Å². The smallest absolute Gasteiger partial charge is 0.271 e. The van der Waals surface area contributed by atoms with Crippen LogP contribution in [0.4, 0.5) is 0 Å². The molecule has 0 spiro atoms. The number of nitrogens with one attached hydrogen (secondary N) is 1. The summed E-state index contributed by atoms with van der Waals surface area (Å²) in [5.41, 5.74) is 3.53. The largest absolute Gasteiger partial charge is 0.493 e. The molecule has 0 atom stereocenters. The van der Waals surface area contributed by atoms with E-state index in [1.807, 2.05) is 30.3 Å². The highest BCUT2D eigenvalue weighted by Gasteiger charge is 2.19. The summed E-state index contributed by atoms with van der Waals surface area (Å²) in [4.78, 5) is 30.9. The Balaban J connectivity index is 1.49. The zero-order valence-corrected chi connectivity index (χ0v) is 22.3. The first-order chi connectivity index (χ1) is 19.5. The summed E-state index contributed by atoms with van der Waals surface area (Å²) in [7, 11) is 4.36. The normalized spacial score (nSPS) is 11.1. The molecule has 0 aliphatic heterocycles. The van der Waals surface area contributed by atoms with Crippen LogP contribution in [0.3, 0.4) is 0 Å². The van der Waals surface area contributed by atoms with Crippen molar-refractivity contribution in [3.8, 4) is 22.9 Å². The number of hydrogen-bond donors (Lipinski definition) is 1. The Morgan fingerprint density at radius 2 is 1.73 bits per heavy atom. The van der Waals surface area contributed by atoms with Gasteiger partial charge in [0.1, 0.15) is 10.7 Å². The highest BCUT2D eigenvalue weighted by molar-refractivity contribution is 7.99. The SMILES string of the molecule is COc1cc(C(=O)N/N=C\c2c(Sc3nnnn3-c3ccccc3)nc3ccccn3c2=O)cc(OC)c1OC. The zero-order chi connectivity index (χ0) is 28.1. The van der Waals surface area contributed by atoms with Gasteiger partial charge in [0.25, 0.3) is 11.5 Å². The number of aromatic nitrogens is 6. The maximum atomic E-state index is 13.4. The first-order valence-corrected chi connectivity index (χ1v) is 12.5. The third-order valence-electron chi connectivity index (χ3n) is 5.65. The lowest BCUT2D eigenvalue weighted by Crippen LogP contribution is -2.23. The molecule has 0 saturated carbocycles. The summed E-state index contributed by atoms with van der Waals surface area (Å²) in [5, 5.41) is 16.7. The Hall–Kier alpha value is -5.24. The van der Waals surface area contributed by atoms with Gasteiger partial charge in [0.2, 0.25) is 10.9 Å². The molecule has 5 aromatic rings. The molecule has 14 heteroatoms. The van der Waals surface area contributed by atoms with Crippen molar-refractivity contribution in [2.24, 2.45) is 5.10 Å². The van der Waals surface area contributed by atoms with E-state index < -0.39 is 11.5 Å². The molecule has 0 fully saturated rings. The van der Waals surface area contributed by atoms with Gasteiger partial charge in [0, 0.05) is 11.8 Å².